The summed E-state index contributed by atoms with van der Waals surface area (Å²) in [5.41, 5.74) is 5.33. The summed E-state index contributed by atoms with van der Waals surface area (Å²) in [6, 6.07) is 17.8. The molecule has 0 atom stereocenters. The minimum absolute atomic E-state index is 0.0481. The van der Waals surface area contributed by atoms with E-state index in [4.69, 9.17) is 9.84 Å². The van der Waals surface area contributed by atoms with Gasteiger partial charge in [0.15, 0.2) is 0 Å². The van der Waals surface area contributed by atoms with E-state index in [1.54, 1.807) is 7.11 Å². The van der Waals surface area contributed by atoms with Crippen LogP contribution < -0.4 is 4.74 Å². The Hall–Kier alpha value is -3.12. The molecule has 1 saturated carbocycles. The van der Waals surface area contributed by atoms with Crippen molar-refractivity contribution in [3.05, 3.63) is 77.1 Å². The molecular weight excluding hydrogens is 412 g/mol. The lowest BCUT2D eigenvalue weighted by Crippen LogP contribution is -2.34. The van der Waals surface area contributed by atoms with Crippen molar-refractivity contribution in [2.45, 2.75) is 39.3 Å². The van der Waals surface area contributed by atoms with Gasteiger partial charge in [-0.3, -0.25) is 9.69 Å². The van der Waals surface area contributed by atoms with E-state index in [0.717, 1.165) is 44.0 Å². The fourth-order valence-electron chi connectivity index (χ4n) is 4.67. The van der Waals surface area contributed by atoms with Crippen molar-refractivity contribution in [3.63, 3.8) is 0 Å². The van der Waals surface area contributed by atoms with Crippen LogP contribution in [0.15, 0.2) is 54.6 Å². The molecule has 2 aromatic carbocycles. The van der Waals surface area contributed by atoms with Crippen LogP contribution in [0.1, 0.15) is 47.1 Å². The second-order valence-corrected chi connectivity index (χ2v) is 9.10. The van der Waals surface area contributed by atoms with Crippen molar-refractivity contribution in [2.75, 3.05) is 26.7 Å². The van der Waals surface area contributed by atoms with Crippen LogP contribution in [-0.2, 0) is 19.5 Å². The normalized spacial score (nSPS) is 15.8. The summed E-state index contributed by atoms with van der Waals surface area (Å²) >= 11 is 0. The molecule has 1 aliphatic heterocycles. The third-order valence-electron chi connectivity index (χ3n) is 6.79. The molecule has 0 bridgehead atoms. The molecule has 6 heteroatoms. The molecule has 0 unspecified atom stereocenters. The number of rotatable bonds is 8. The van der Waals surface area contributed by atoms with Crippen molar-refractivity contribution in [3.8, 4) is 11.4 Å². The number of aromatic nitrogens is 2. The first-order chi connectivity index (χ1) is 16.2. The molecule has 5 rings (SSSR count). The van der Waals surface area contributed by atoms with Gasteiger partial charge in [0, 0.05) is 37.2 Å². The highest BCUT2D eigenvalue weighted by molar-refractivity contribution is 5.94. The summed E-state index contributed by atoms with van der Waals surface area (Å²) in [6.45, 7) is 6.46. The maximum Gasteiger partial charge on any atom is 0.254 e. The number of amides is 1. The molecule has 0 spiro atoms. The summed E-state index contributed by atoms with van der Waals surface area (Å²) in [5, 5.41) is 5.08. The van der Waals surface area contributed by atoms with Crippen LogP contribution in [0.25, 0.3) is 5.69 Å². The number of benzene rings is 2. The minimum atomic E-state index is 0.0481. The monoisotopic (exact) mass is 444 g/mol. The van der Waals surface area contributed by atoms with Crippen molar-refractivity contribution in [1.82, 2.24) is 19.6 Å². The van der Waals surface area contributed by atoms with Crippen LogP contribution in [0, 0.1) is 5.92 Å². The third-order valence-corrected chi connectivity index (χ3v) is 6.79. The zero-order chi connectivity index (χ0) is 22.8. The third kappa shape index (κ3) is 4.67. The minimum Gasteiger partial charge on any atom is -0.497 e. The molecule has 172 valence electrons. The zero-order valence-electron chi connectivity index (χ0n) is 19.5. The standard InChI is InChI=1S/C27H32N4O2/c1-3-29-15-14-26-24(18-29)25(28-31(26)22-9-5-4-6-10-22)19-30(17-20-12-13-20)27(32)21-8-7-11-23(16-21)33-2/h4-11,16,20H,3,12-15,17-19H2,1-2H3. The lowest BCUT2D eigenvalue weighted by atomic mass is 10.0. The summed E-state index contributed by atoms with van der Waals surface area (Å²) in [7, 11) is 1.63. The largest absolute Gasteiger partial charge is 0.497 e. The van der Waals surface area contributed by atoms with Gasteiger partial charge in [-0.05, 0) is 55.6 Å². The lowest BCUT2D eigenvalue weighted by Gasteiger charge is -2.27. The van der Waals surface area contributed by atoms with E-state index >= 15 is 0 Å². The molecule has 33 heavy (non-hydrogen) atoms. The molecule has 0 N–H and O–H groups in total. The number of hydrogen-bond donors (Lipinski definition) is 0. The van der Waals surface area contributed by atoms with Crippen LogP contribution in [0.4, 0.5) is 0 Å². The van der Waals surface area contributed by atoms with Gasteiger partial charge in [0.25, 0.3) is 5.91 Å². The van der Waals surface area contributed by atoms with Gasteiger partial charge in [-0.15, -0.1) is 0 Å². The Balaban J connectivity index is 1.49. The summed E-state index contributed by atoms with van der Waals surface area (Å²) in [6.07, 6.45) is 3.36. The SMILES string of the molecule is CCN1CCc2c(c(CN(CC3CC3)C(=O)c3cccc(OC)c3)nn2-c2ccccc2)C1. The molecular formula is C27H32N4O2. The maximum absolute atomic E-state index is 13.6. The highest BCUT2D eigenvalue weighted by Gasteiger charge is 2.31. The highest BCUT2D eigenvalue weighted by atomic mass is 16.5. The van der Waals surface area contributed by atoms with Gasteiger partial charge >= 0.3 is 0 Å². The molecule has 1 aliphatic carbocycles. The molecule has 2 aliphatic rings. The van der Waals surface area contributed by atoms with Crippen molar-refractivity contribution < 1.29 is 9.53 Å². The average Bonchev–Trinajstić information content (AvgIpc) is 3.63. The van der Waals surface area contributed by atoms with Crippen molar-refractivity contribution >= 4 is 5.91 Å². The van der Waals surface area contributed by atoms with E-state index in [-0.39, 0.29) is 5.91 Å². The van der Waals surface area contributed by atoms with Gasteiger partial charge in [-0.1, -0.05) is 31.2 Å². The van der Waals surface area contributed by atoms with Gasteiger partial charge in [0.1, 0.15) is 5.75 Å². The van der Waals surface area contributed by atoms with E-state index in [0.29, 0.717) is 23.8 Å². The Morgan fingerprint density at radius 2 is 1.97 bits per heavy atom. The van der Waals surface area contributed by atoms with Crippen LogP contribution >= 0.6 is 0 Å². The molecule has 6 nitrogen and oxygen atoms in total. The van der Waals surface area contributed by atoms with Gasteiger partial charge in [-0.25, -0.2) is 4.68 Å². The maximum atomic E-state index is 13.6. The Morgan fingerprint density at radius 3 is 2.70 bits per heavy atom. The number of methoxy groups -OCH3 is 1. The summed E-state index contributed by atoms with van der Waals surface area (Å²) in [5.74, 6) is 1.35. The first-order valence-electron chi connectivity index (χ1n) is 12.0. The van der Waals surface area contributed by atoms with Crippen LogP contribution in [0.3, 0.4) is 0 Å². The predicted molar refractivity (Wildman–Crippen MR) is 129 cm³/mol. The molecule has 3 aromatic rings. The molecule has 1 fully saturated rings. The van der Waals surface area contributed by atoms with E-state index in [1.807, 2.05) is 35.2 Å². The Kier molecular flexibility index (Phi) is 6.18. The number of hydrogen-bond acceptors (Lipinski definition) is 4. The fraction of sp³-hybridized carbons (Fsp3) is 0.407. The molecule has 1 aromatic heterocycles. The van der Waals surface area contributed by atoms with E-state index in [1.165, 1.54) is 24.1 Å². The van der Waals surface area contributed by atoms with E-state index in [9.17, 15) is 4.79 Å². The number of likely N-dealkylation sites (N-methyl/N-ethyl adjacent to an activating group) is 1. The first-order valence-corrected chi connectivity index (χ1v) is 12.0. The Morgan fingerprint density at radius 1 is 1.15 bits per heavy atom. The van der Waals surface area contributed by atoms with Crippen molar-refractivity contribution in [2.24, 2.45) is 5.92 Å². The molecule has 2 heterocycles. The molecule has 0 radical (unpaired) electrons. The smallest absolute Gasteiger partial charge is 0.254 e. The van der Waals surface area contributed by atoms with E-state index < -0.39 is 0 Å². The Labute approximate surface area is 195 Å². The molecule has 1 amide bonds. The fourth-order valence-corrected chi connectivity index (χ4v) is 4.67. The van der Waals surface area contributed by atoms with E-state index in [2.05, 4.69) is 40.8 Å². The Bertz CT molecular complexity index is 1120. The van der Waals surface area contributed by atoms with Gasteiger partial charge in [-0.2, -0.15) is 5.10 Å². The average molecular weight is 445 g/mol. The molecule has 0 saturated heterocycles. The number of carbonyl (C=O) groups excluding carboxylic acids is 1. The number of ether oxygens (including phenoxy) is 1. The summed E-state index contributed by atoms with van der Waals surface area (Å²) in [4.78, 5) is 18.0. The number of carbonyl (C=O) groups is 1. The zero-order valence-corrected chi connectivity index (χ0v) is 19.5. The summed E-state index contributed by atoms with van der Waals surface area (Å²) < 4.78 is 7.46. The number of nitrogens with zero attached hydrogens (tertiary/aromatic N) is 4. The lowest BCUT2D eigenvalue weighted by molar-refractivity contribution is 0.0731. The van der Waals surface area contributed by atoms with Crippen LogP contribution in [-0.4, -0.2) is 52.2 Å². The first kappa shape index (κ1) is 21.7. The van der Waals surface area contributed by atoms with Gasteiger partial charge in [0.2, 0.25) is 0 Å². The van der Waals surface area contributed by atoms with Crippen LogP contribution in [0.5, 0.6) is 5.75 Å². The predicted octanol–water partition coefficient (Wildman–Crippen LogP) is 4.31. The highest BCUT2D eigenvalue weighted by Crippen LogP contribution is 2.32. The van der Waals surface area contributed by atoms with Crippen molar-refractivity contribution in [1.29, 1.82) is 0 Å². The second kappa shape index (κ2) is 9.40. The second-order valence-electron chi connectivity index (χ2n) is 9.10. The van der Waals surface area contributed by atoms with Crippen LogP contribution in [0.2, 0.25) is 0 Å². The number of para-hydroxylation sites is 1. The number of fused-ring (bicyclic) bond motifs is 1. The van der Waals surface area contributed by atoms with Gasteiger partial charge in [0.05, 0.1) is 30.7 Å². The topological polar surface area (TPSA) is 50.6 Å². The quantitative estimate of drug-likeness (QED) is 0.520. The van der Waals surface area contributed by atoms with Gasteiger partial charge < -0.3 is 9.64 Å².